The molecule has 2 fully saturated rings. The van der Waals surface area contributed by atoms with E-state index in [9.17, 15) is 14.0 Å². The van der Waals surface area contributed by atoms with Crippen molar-refractivity contribution in [1.82, 2.24) is 20.9 Å². The molecule has 1 aromatic rings. The van der Waals surface area contributed by atoms with Crippen LogP contribution in [0.25, 0.3) is 5.70 Å². The van der Waals surface area contributed by atoms with E-state index >= 15 is 0 Å². The number of nitrogens with zero attached hydrogens (tertiary/aromatic N) is 3. The average Bonchev–Trinajstić information content (AvgIpc) is 2.81. The highest BCUT2D eigenvalue weighted by Crippen LogP contribution is 2.25. The van der Waals surface area contributed by atoms with Crippen LogP contribution in [0.15, 0.2) is 29.1 Å². The first-order valence-corrected chi connectivity index (χ1v) is 12.0. The quantitative estimate of drug-likeness (QED) is 0.583. The van der Waals surface area contributed by atoms with Crippen molar-refractivity contribution in [3.05, 3.63) is 29.7 Å². The maximum absolute atomic E-state index is 14.7. The van der Waals surface area contributed by atoms with Gasteiger partial charge in [-0.25, -0.2) is 14.2 Å². The molecule has 4 rings (SSSR count). The molecule has 0 aromatic carbocycles. The molecule has 2 aliphatic heterocycles. The minimum Gasteiger partial charge on any atom is -0.444 e. The number of amides is 2. The lowest BCUT2D eigenvalue weighted by Crippen LogP contribution is -2.50. The van der Waals surface area contributed by atoms with Crippen molar-refractivity contribution in [2.75, 3.05) is 24.7 Å². The molecule has 1 atom stereocenters. The summed E-state index contributed by atoms with van der Waals surface area (Å²) >= 11 is 0. The van der Waals surface area contributed by atoms with Crippen LogP contribution in [0.3, 0.4) is 0 Å². The van der Waals surface area contributed by atoms with Crippen LogP contribution < -0.4 is 20.9 Å². The average molecular weight is 489 g/mol. The lowest BCUT2D eigenvalue weighted by molar-refractivity contribution is -0.125. The van der Waals surface area contributed by atoms with E-state index in [0.717, 1.165) is 25.7 Å². The number of hydrogen-bond acceptors (Lipinski definition) is 8. The summed E-state index contributed by atoms with van der Waals surface area (Å²) in [5, 5.41) is 9.49. The normalized spacial score (nSPS) is 25.3. The number of anilines is 1. The van der Waals surface area contributed by atoms with Crippen molar-refractivity contribution in [1.29, 1.82) is 0 Å². The summed E-state index contributed by atoms with van der Waals surface area (Å²) in [7, 11) is 0. The lowest BCUT2D eigenvalue weighted by atomic mass is 9.91. The van der Waals surface area contributed by atoms with E-state index in [0.29, 0.717) is 30.2 Å². The fraction of sp³-hybridized carbons (Fsp3) is 0.583. The van der Waals surface area contributed by atoms with Crippen LogP contribution >= 0.6 is 0 Å². The van der Waals surface area contributed by atoms with E-state index in [1.165, 1.54) is 6.21 Å². The number of carbonyl (C=O) groups excluding carboxylic acids is 2. The highest BCUT2D eigenvalue weighted by molar-refractivity contribution is 5.95. The summed E-state index contributed by atoms with van der Waals surface area (Å²) in [6.07, 6.45) is 5.18. The van der Waals surface area contributed by atoms with Crippen molar-refractivity contribution in [2.45, 2.75) is 70.4 Å². The van der Waals surface area contributed by atoms with Crippen LogP contribution in [0.4, 0.5) is 15.0 Å². The molecule has 2 amide bonds. The maximum Gasteiger partial charge on any atom is 0.407 e. The molecule has 11 heteroatoms. The van der Waals surface area contributed by atoms with E-state index in [4.69, 9.17) is 9.47 Å². The van der Waals surface area contributed by atoms with Gasteiger partial charge in [0.2, 0.25) is 0 Å². The number of nitrogens with one attached hydrogen (secondary N) is 3. The number of aromatic nitrogens is 1. The fourth-order valence-electron chi connectivity index (χ4n) is 4.34. The number of alkyl carbamates (subject to hydrolysis) is 1. The summed E-state index contributed by atoms with van der Waals surface area (Å²) in [6, 6.07) is 3.62. The second kappa shape index (κ2) is 10.7. The SMILES string of the molecule is CC(C)(C)OC(=O)NC1CCC(NC2N=CC(F)=C(c3ccnc(N4CCOCC4=O)c3)N2)CC1. The lowest BCUT2D eigenvalue weighted by Gasteiger charge is -2.33. The van der Waals surface area contributed by atoms with Crippen molar-refractivity contribution in [2.24, 2.45) is 4.99 Å². The molecule has 35 heavy (non-hydrogen) atoms. The Bertz CT molecular complexity index is 1000. The number of morpholine rings is 1. The first-order chi connectivity index (χ1) is 16.7. The van der Waals surface area contributed by atoms with Crippen LogP contribution in [0, 0.1) is 0 Å². The molecule has 1 aliphatic carbocycles. The van der Waals surface area contributed by atoms with Crippen molar-refractivity contribution in [3.63, 3.8) is 0 Å². The Hall–Kier alpha value is -3.05. The first kappa shape index (κ1) is 25.1. The van der Waals surface area contributed by atoms with Gasteiger partial charge in [0.25, 0.3) is 5.91 Å². The molecule has 3 N–H and O–H groups in total. The molecule has 190 valence electrons. The number of carbonyl (C=O) groups is 2. The van der Waals surface area contributed by atoms with Gasteiger partial charge in [0.15, 0.2) is 12.1 Å². The highest BCUT2D eigenvalue weighted by atomic mass is 19.1. The summed E-state index contributed by atoms with van der Waals surface area (Å²) in [5.74, 6) is -0.204. The van der Waals surface area contributed by atoms with Crippen LogP contribution in [0.5, 0.6) is 0 Å². The first-order valence-electron chi connectivity index (χ1n) is 12.0. The second-order valence-electron chi connectivity index (χ2n) is 9.91. The largest absolute Gasteiger partial charge is 0.444 e. The molecule has 0 bridgehead atoms. The third kappa shape index (κ3) is 6.76. The van der Waals surface area contributed by atoms with Crippen molar-refractivity contribution < 1.29 is 23.5 Å². The second-order valence-corrected chi connectivity index (χ2v) is 9.91. The predicted octanol–water partition coefficient (Wildman–Crippen LogP) is 2.47. The molecule has 1 saturated carbocycles. The van der Waals surface area contributed by atoms with Gasteiger partial charge in [0.1, 0.15) is 18.0 Å². The monoisotopic (exact) mass is 488 g/mol. The van der Waals surface area contributed by atoms with Gasteiger partial charge in [0.05, 0.1) is 25.1 Å². The Morgan fingerprint density at radius 1 is 1.26 bits per heavy atom. The summed E-state index contributed by atoms with van der Waals surface area (Å²) in [6.45, 7) is 6.36. The van der Waals surface area contributed by atoms with Gasteiger partial charge in [-0.15, -0.1) is 0 Å². The highest BCUT2D eigenvalue weighted by Gasteiger charge is 2.28. The van der Waals surface area contributed by atoms with Crippen LogP contribution in [-0.4, -0.2) is 66.9 Å². The summed E-state index contributed by atoms with van der Waals surface area (Å²) in [5.41, 5.74) is 0.346. The Morgan fingerprint density at radius 3 is 2.71 bits per heavy atom. The number of ether oxygens (including phenoxy) is 2. The molecule has 0 radical (unpaired) electrons. The molecule has 1 saturated heterocycles. The van der Waals surface area contributed by atoms with Gasteiger partial charge in [-0.05, 0) is 58.6 Å². The molecule has 3 heterocycles. The Balaban J connectivity index is 1.32. The topological polar surface area (TPSA) is 117 Å². The Morgan fingerprint density at radius 2 is 2.00 bits per heavy atom. The number of aliphatic imine (C=N–C) groups is 1. The van der Waals surface area contributed by atoms with Gasteiger partial charge in [-0.1, -0.05) is 0 Å². The van der Waals surface area contributed by atoms with E-state index < -0.39 is 23.8 Å². The van der Waals surface area contributed by atoms with Crippen molar-refractivity contribution >= 4 is 29.7 Å². The van der Waals surface area contributed by atoms with E-state index in [1.807, 2.05) is 20.8 Å². The van der Waals surface area contributed by atoms with E-state index in [-0.39, 0.29) is 24.6 Å². The number of halogens is 1. The molecule has 1 unspecified atom stereocenters. The summed E-state index contributed by atoms with van der Waals surface area (Å²) < 4.78 is 25.2. The third-order valence-electron chi connectivity index (χ3n) is 5.99. The third-order valence-corrected chi connectivity index (χ3v) is 5.99. The number of pyridine rings is 1. The van der Waals surface area contributed by atoms with Crippen LogP contribution in [0.2, 0.25) is 0 Å². The van der Waals surface area contributed by atoms with Crippen LogP contribution in [-0.2, 0) is 14.3 Å². The minimum atomic E-state index is -0.526. The van der Waals surface area contributed by atoms with Crippen molar-refractivity contribution in [3.8, 4) is 0 Å². The predicted molar refractivity (Wildman–Crippen MR) is 129 cm³/mol. The van der Waals surface area contributed by atoms with Gasteiger partial charge < -0.3 is 20.1 Å². The van der Waals surface area contributed by atoms with Crippen LogP contribution in [0.1, 0.15) is 52.0 Å². The molecular weight excluding hydrogens is 455 g/mol. The fourth-order valence-corrected chi connectivity index (χ4v) is 4.34. The zero-order valence-electron chi connectivity index (χ0n) is 20.3. The number of allylic oxidation sites excluding steroid dienone is 1. The molecule has 10 nitrogen and oxygen atoms in total. The zero-order valence-corrected chi connectivity index (χ0v) is 20.3. The summed E-state index contributed by atoms with van der Waals surface area (Å²) in [4.78, 5) is 34.3. The molecule has 1 aromatic heterocycles. The van der Waals surface area contributed by atoms with Gasteiger partial charge in [0, 0.05) is 23.8 Å². The van der Waals surface area contributed by atoms with E-state index in [1.54, 1.807) is 23.2 Å². The molecule has 3 aliphatic rings. The number of rotatable bonds is 5. The number of hydrogen-bond donors (Lipinski definition) is 3. The van der Waals surface area contributed by atoms with Gasteiger partial charge >= 0.3 is 6.09 Å². The Labute approximate surface area is 204 Å². The van der Waals surface area contributed by atoms with E-state index in [2.05, 4.69) is 25.9 Å². The molecular formula is C24H33FN6O4. The zero-order chi connectivity index (χ0) is 25.0. The van der Waals surface area contributed by atoms with Gasteiger partial charge in [-0.3, -0.25) is 20.0 Å². The molecule has 0 spiro atoms. The minimum absolute atomic E-state index is 0.00933. The smallest absolute Gasteiger partial charge is 0.407 e. The maximum atomic E-state index is 14.7. The standard InChI is InChI=1S/C24H33FN6O4/c1-24(2,3)35-23(33)29-17-6-4-16(5-7-17)28-22-27-13-18(25)21(30-22)15-8-9-26-19(12-15)31-10-11-34-14-20(31)32/h8-9,12-13,16-17,22,28,30H,4-7,10-11,14H2,1-3H3,(H,29,33). The van der Waals surface area contributed by atoms with Gasteiger partial charge in [-0.2, -0.15) is 0 Å². The Kier molecular flexibility index (Phi) is 7.66.